The molecule has 0 spiro atoms. The van der Waals surface area contributed by atoms with Crippen molar-refractivity contribution in [1.29, 1.82) is 0 Å². The second kappa shape index (κ2) is 9.19. The van der Waals surface area contributed by atoms with Gasteiger partial charge in [-0.1, -0.05) is 55.8 Å². The SMILES string of the molecule is CCc1ccccc1C1(C)CCN(C(=O)c2cn(Cc3nc(C)oc3C)c3cc(Cl)ccc23)CC1. The van der Waals surface area contributed by atoms with E-state index < -0.39 is 0 Å². The van der Waals surface area contributed by atoms with Crippen LogP contribution in [0.4, 0.5) is 0 Å². The van der Waals surface area contributed by atoms with Gasteiger partial charge in [0.15, 0.2) is 5.89 Å². The van der Waals surface area contributed by atoms with E-state index in [-0.39, 0.29) is 11.3 Å². The van der Waals surface area contributed by atoms with E-state index in [1.807, 2.05) is 43.1 Å². The maximum atomic E-state index is 13.8. The third-order valence-electron chi connectivity index (χ3n) is 7.60. The van der Waals surface area contributed by atoms with Gasteiger partial charge in [0.2, 0.25) is 0 Å². The molecule has 35 heavy (non-hydrogen) atoms. The highest BCUT2D eigenvalue weighted by Gasteiger charge is 2.35. The summed E-state index contributed by atoms with van der Waals surface area (Å²) in [7, 11) is 0. The fraction of sp³-hybridized carbons (Fsp3) is 0.379. The molecule has 4 aromatic rings. The minimum atomic E-state index is 0.0787. The number of piperidine rings is 1. The highest BCUT2D eigenvalue weighted by molar-refractivity contribution is 6.31. The second-order valence-corrected chi connectivity index (χ2v) is 10.4. The molecule has 5 nitrogen and oxygen atoms in total. The highest BCUT2D eigenvalue weighted by Crippen LogP contribution is 2.38. The van der Waals surface area contributed by atoms with Crippen molar-refractivity contribution in [3.63, 3.8) is 0 Å². The average Bonchev–Trinajstić information content (AvgIpc) is 3.37. The number of hydrogen-bond acceptors (Lipinski definition) is 3. The Bertz CT molecular complexity index is 1390. The van der Waals surface area contributed by atoms with E-state index in [4.69, 9.17) is 16.0 Å². The summed E-state index contributed by atoms with van der Waals surface area (Å²) in [5.41, 5.74) is 5.44. The zero-order chi connectivity index (χ0) is 24.7. The molecule has 2 aromatic heterocycles. The molecular weight excluding hydrogens is 458 g/mol. The average molecular weight is 490 g/mol. The number of amides is 1. The summed E-state index contributed by atoms with van der Waals surface area (Å²) < 4.78 is 7.68. The number of oxazole rings is 1. The summed E-state index contributed by atoms with van der Waals surface area (Å²) in [5, 5.41) is 1.56. The first-order valence-electron chi connectivity index (χ1n) is 12.4. The van der Waals surface area contributed by atoms with Crippen LogP contribution in [-0.4, -0.2) is 33.4 Å². The predicted octanol–water partition coefficient (Wildman–Crippen LogP) is 6.70. The Kier molecular flexibility index (Phi) is 6.22. The van der Waals surface area contributed by atoms with Crippen LogP contribution >= 0.6 is 11.6 Å². The van der Waals surface area contributed by atoms with Crippen molar-refractivity contribution in [1.82, 2.24) is 14.5 Å². The van der Waals surface area contributed by atoms with Gasteiger partial charge in [-0.15, -0.1) is 0 Å². The standard InChI is InChI=1S/C29H32ClN3O2/c1-5-21-8-6-7-9-25(21)29(4)12-14-32(15-13-29)28(34)24-17-33(18-26-19(2)35-20(3)31-26)27-16-22(30)10-11-23(24)27/h6-11,16-17H,5,12-15,18H2,1-4H3. The zero-order valence-corrected chi connectivity index (χ0v) is 21.7. The number of rotatable bonds is 5. The monoisotopic (exact) mass is 489 g/mol. The second-order valence-electron chi connectivity index (χ2n) is 9.93. The van der Waals surface area contributed by atoms with Gasteiger partial charge in [0, 0.05) is 36.6 Å². The molecule has 0 saturated carbocycles. The molecule has 6 heteroatoms. The van der Waals surface area contributed by atoms with Crippen LogP contribution in [0.15, 0.2) is 53.1 Å². The number of carbonyl (C=O) groups is 1. The van der Waals surface area contributed by atoms with E-state index in [1.165, 1.54) is 11.1 Å². The third kappa shape index (κ3) is 4.38. The lowest BCUT2D eigenvalue weighted by Gasteiger charge is -2.40. The van der Waals surface area contributed by atoms with Gasteiger partial charge in [-0.3, -0.25) is 4.79 Å². The van der Waals surface area contributed by atoms with E-state index in [0.717, 1.165) is 54.7 Å². The van der Waals surface area contributed by atoms with Crippen molar-refractivity contribution < 1.29 is 9.21 Å². The van der Waals surface area contributed by atoms with Gasteiger partial charge < -0.3 is 13.9 Å². The molecule has 1 aliphatic heterocycles. The largest absolute Gasteiger partial charge is 0.446 e. The summed E-state index contributed by atoms with van der Waals surface area (Å²) in [4.78, 5) is 20.3. The topological polar surface area (TPSA) is 51.3 Å². The van der Waals surface area contributed by atoms with Crippen molar-refractivity contribution >= 4 is 28.4 Å². The Morgan fingerprint density at radius 1 is 1.14 bits per heavy atom. The van der Waals surface area contributed by atoms with Crippen molar-refractivity contribution in [2.45, 2.75) is 58.9 Å². The van der Waals surface area contributed by atoms with Crippen LogP contribution in [0.1, 0.15) is 65.5 Å². The minimum Gasteiger partial charge on any atom is -0.446 e. The van der Waals surface area contributed by atoms with Gasteiger partial charge in [-0.25, -0.2) is 4.98 Å². The van der Waals surface area contributed by atoms with Crippen LogP contribution in [-0.2, 0) is 18.4 Å². The molecule has 0 aliphatic carbocycles. The third-order valence-corrected chi connectivity index (χ3v) is 7.83. The van der Waals surface area contributed by atoms with E-state index >= 15 is 0 Å². The molecule has 0 radical (unpaired) electrons. The number of nitrogens with zero attached hydrogens (tertiary/aromatic N) is 3. The first-order chi connectivity index (χ1) is 16.8. The number of aromatic nitrogens is 2. The molecule has 1 saturated heterocycles. The molecular formula is C29H32ClN3O2. The molecule has 0 unspecified atom stereocenters. The van der Waals surface area contributed by atoms with E-state index in [1.54, 1.807) is 0 Å². The van der Waals surface area contributed by atoms with Gasteiger partial charge in [-0.05, 0) is 54.9 Å². The summed E-state index contributed by atoms with van der Waals surface area (Å²) in [6, 6.07) is 14.5. The number of carbonyl (C=O) groups excluding carboxylic acids is 1. The molecule has 0 N–H and O–H groups in total. The summed E-state index contributed by atoms with van der Waals surface area (Å²) in [6.07, 6.45) is 4.89. The highest BCUT2D eigenvalue weighted by atomic mass is 35.5. The first-order valence-corrected chi connectivity index (χ1v) is 12.8. The summed E-state index contributed by atoms with van der Waals surface area (Å²) in [6.45, 7) is 10.3. The normalized spacial score (nSPS) is 15.6. The Morgan fingerprint density at radius 2 is 1.89 bits per heavy atom. The van der Waals surface area contributed by atoms with Gasteiger partial charge in [-0.2, -0.15) is 0 Å². The number of benzene rings is 2. The molecule has 1 aliphatic rings. The smallest absolute Gasteiger partial charge is 0.256 e. The Labute approximate surface area is 211 Å². The van der Waals surface area contributed by atoms with Crippen LogP contribution < -0.4 is 0 Å². The minimum absolute atomic E-state index is 0.0787. The Morgan fingerprint density at radius 3 is 2.57 bits per heavy atom. The van der Waals surface area contributed by atoms with Crippen molar-refractivity contribution in [3.8, 4) is 0 Å². The van der Waals surface area contributed by atoms with Gasteiger partial charge in [0.1, 0.15) is 11.5 Å². The Hall–Kier alpha value is -3.05. The van der Waals surface area contributed by atoms with Crippen LogP contribution in [0.3, 0.4) is 0 Å². The maximum absolute atomic E-state index is 13.8. The Balaban J connectivity index is 1.42. The quantitative estimate of drug-likeness (QED) is 0.313. The number of halogens is 1. The number of hydrogen-bond donors (Lipinski definition) is 0. The molecule has 2 aromatic carbocycles. The molecule has 3 heterocycles. The maximum Gasteiger partial charge on any atom is 0.256 e. The number of likely N-dealkylation sites (tertiary alicyclic amines) is 1. The van der Waals surface area contributed by atoms with Gasteiger partial charge >= 0.3 is 0 Å². The molecule has 5 rings (SSSR count). The number of fused-ring (bicyclic) bond motifs is 1. The molecule has 0 atom stereocenters. The van der Waals surface area contributed by atoms with E-state index in [0.29, 0.717) is 23.0 Å². The van der Waals surface area contributed by atoms with Gasteiger partial charge in [0.05, 0.1) is 17.6 Å². The van der Waals surface area contributed by atoms with Crippen LogP contribution in [0.25, 0.3) is 10.9 Å². The first kappa shape index (κ1) is 23.7. The number of aryl methyl sites for hydroxylation is 3. The summed E-state index contributed by atoms with van der Waals surface area (Å²) in [5.74, 6) is 1.51. The van der Waals surface area contributed by atoms with Crippen molar-refractivity contribution in [2.75, 3.05) is 13.1 Å². The van der Waals surface area contributed by atoms with E-state index in [9.17, 15) is 4.79 Å². The van der Waals surface area contributed by atoms with Crippen molar-refractivity contribution in [2.24, 2.45) is 0 Å². The van der Waals surface area contributed by atoms with Gasteiger partial charge in [0.25, 0.3) is 5.91 Å². The predicted molar refractivity (Wildman–Crippen MR) is 140 cm³/mol. The lowest BCUT2D eigenvalue weighted by molar-refractivity contribution is 0.0677. The molecule has 1 amide bonds. The van der Waals surface area contributed by atoms with Crippen molar-refractivity contribution in [3.05, 3.63) is 87.7 Å². The molecule has 182 valence electrons. The van der Waals surface area contributed by atoms with Crippen LogP contribution in [0.5, 0.6) is 0 Å². The van der Waals surface area contributed by atoms with Crippen LogP contribution in [0, 0.1) is 13.8 Å². The molecule has 1 fully saturated rings. The molecule has 0 bridgehead atoms. The van der Waals surface area contributed by atoms with Crippen LogP contribution in [0.2, 0.25) is 5.02 Å². The summed E-state index contributed by atoms with van der Waals surface area (Å²) >= 11 is 6.34. The van der Waals surface area contributed by atoms with E-state index in [2.05, 4.69) is 47.7 Å². The fourth-order valence-electron chi connectivity index (χ4n) is 5.51. The fourth-order valence-corrected chi connectivity index (χ4v) is 5.67. The zero-order valence-electron chi connectivity index (χ0n) is 20.9. The lowest BCUT2D eigenvalue weighted by Crippen LogP contribution is -2.44. The lowest BCUT2D eigenvalue weighted by atomic mass is 9.72.